The van der Waals surface area contributed by atoms with Crippen LogP contribution in [0, 0.1) is 0 Å². The van der Waals surface area contributed by atoms with Gasteiger partial charge in [-0.3, -0.25) is 19.9 Å². The molecule has 5 aromatic heterocycles. The Kier molecular flexibility index (Phi) is 6.30. The van der Waals surface area contributed by atoms with Gasteiger partial charge in [0.1, 0.15) is 17.6 Å². The zero-order valence-corrected chi connectivity index (χ0v) is 21.6. The summed E-state index contributed by atoms with van der Waals surface area (Å²) in [6, 6.07) is 12.5. The third kappa shape index (κ3) is 4.79. The molecule has 0 amide bonds. The van der Waals surface area contributed by atoms with E-state index in [1.807, 2.05) is 36.8 Å². The second-order valence-electron chi connectivity index (χ2n) is 10.1. The van der Waals surface area contributed by atoms with E-state index in [0.717, 1.165) is 101 Å². The smallest absolute Gasteiger partial charge is 0.138 e. The highest BCUT2D eigenvalue weighted by atomic mass is 16.5. The summed E-state index contributed by atoms with van der Waals surface area (Å²) in [6.07, 6.45) is 15.2. The van der Waals surface area contributed by atoms with Gasteiger partial charge >= 0.3 is 0 Å². The lowest BCUT2D eigenvalue weighted by atomic mass is 10.0. The molecule has 0 bridgehead atoms. The van der Waals surface area contributed by atoms with Gasteiger partial charge in [0.05, 0.1) is 35.0 Å². The van der Waals surface area contributed by atoms with Crippen LogP contribution in [0.3, 0.4) is 0 Å². The molecular formula is C31H29N7O. The fraction of sp³-hybridized carbons (Fsp3) is 0.258. The molecule has 2 aliphatic rings. The Morgan fingerprint density at radius 1 is 0.846 bits per heavy atom. The number of nitrogens with one attached hydrogen (secondary N) is 2. The molecule has 0 aliphatic carbocycles. The number of hydrogen-bond acceptors (Lipinski definition) is 7. The van der Waals surface area contributed by atoms with Crippen LogP contribution in [0.25, 0.3) is 33.3 Å². The molecule has 2 N–H and O–H groups in total. The average molecular weight is 516 g/mol. The summed E-state index contributed by atoms with van der Waals surface area (Å²) in [7, 11) is 0. The second-order valence-corrected chi connectivity index (χ2v) is 10.1. The third-order valence-electron chi connectivity index (χ3n) is 7.47. The number of ether oxygens (including phenoxy) is 1. The standard InChI is InChI=1S/C31H29N7O/c1-2-21-3-4-27(22-14-24(17-34-16-22)39-23-7-12-33-13-8-23)38-30(21)31(36-9-1)28-15-25-26(18-35-19-29(25)37-28)20-5-10-32-11-6-20/h3-6,10-11,14-19,23,33,37H,1-2,7-9,12-13H2. The maximum atomic E-state index is 6.25. The van der Waals surface area contributed by atoms with Gasteiger partial charge in [-0.2, -0.15) is 0 Å². The molecule has 2 aliphatic heterocycles. The Bertz CT molecular complexity index is 1650. The van der Waals surface area contributed by atoms with Crippen LogP contribution in [-0.4, -0.2) is 56.4 Å². The first-order chi connectivity index (χ1) is 19.3. The summed E-state index contributed by atoms with van der Waals surface area (Å²) in [5, 5.41) is 4.48. The van der Waals surface area contributed by atoms with E-state index >= 15 is 0 Å². The summed E-state index contributed by atoms with van der Waals surface area (Å²) >= 11 is 0. The average Bonchev–Trinajstić information content (AvgIpc) is 3.31. The maximum absolute atomic E-state index is 6.25. The number of aromatic amines is 1. The summed E-state index contributed by atoms with van der Waals surface area (Å²) in [5.74, 6) is 0.789. The number of pyridine rings is 4. The van der Waals surface area contributed by atoms with Crippen LogP contribution in [0.1, 0.15) is 36.2 Å². The molecule has 0 unspecified atom stereocenters. The zero-order chi connectivity index (χ0) is 26.0. The van der Waals surface area contributed by atoms with E-state index in [1.54, 1.807) is 18.6 Å². The highest BCUT2D eigenvalue weighted by molar-refractivity contribution is 6.14. The van der Waals surface area contributed by atoms with Gasteiger partial charge in [-0.1, -0.05) is 6.07 Å². The predicted molar refractivity (Wildman–Crippen MR) is 152 cm³/mol. The normalized spacial score (nSPS) is 15.9. The minimum Gasteiger partial charge on any atom is -0.489 e. The first kappa shape index (κ1) is 23.7. The minimum absolute atomic E-state index is 0.218. The molecule has 0 atom stereocenters. The number of piperidine rings is 1. The molecule has 7 rings (SSSR count). The molecule has 1 fully saturated rings. The molecule has 8 heteroatoms. The van der Waals surface area contributed by atoms with Crippen molar-refractivity contribution in [2.75, 3.05) is 19.6 Å². The van der Waals surface area contributed by atoms with Crippen LogP contribution in [0.15, 0.2) is 78.6 Å². The zero-order valence-electron chi connectivity index (χ0n) is 21.6. The molecule has 0 aromatic carbocycles. The van der Waals surface area contributed by atoms with E-state index in [2.05, 4.69) is 43.5 Å². The second kappa shape index (κ2) is 10.4. The molecular weight excluding hydrogens is 486 g/mol. The first-order valence-corrected chi connectivity index (χ1v) is 13.6. The Morgan fingerprint density at radius 2 is 1.72 bits per heavy atom. The molecule has 194 valence electrons. The number of hydrogen-bond donors (Lipinski definition) is 2. The number of nitrogens with zero attached hydrogens (tertiary/aromatic N) is 5. The van der Waals surface area contributed by atoms with Crippen LogP contribution in [0.2, 0.25) is 0 Å². The van der Waals surface area contributed by atoms with E-state index in [1.165, 1.54) is 5.56 Å². The molecule has 0 spiro atoms. The van der Waals surface area contributed by atoms with Gasteiger partial charge in [0.15, 0.2) is 0 Å². The fourth-order valence-corrected chi connectivity index (χ4v) is 5.47. The van der Waals surface area contributed by atoms with Gasteiger partial charge in [-0.05, 0) is 80.2 Å². The summed E-state index contributed by atoms with van der Waals surface area (Å²) < 4.78 is 6.25. The molecule has 0 radical (unpaired) electrons. The lowest BCUT2D eigenvalue weighted by Gasteiger charge is -2.23. The number of H-pyrrole nitrogens is 1. The summed E-state index contributed by atoms with van der Waals surface area (Å²) in [5.41, 5.74) is 8.86. The number of rotatable bonds is 5. The highest BCUT2D eigenvalue weighted by Crippen LogP contribution is 2.31. The van der Waals surface area contributed by atoms with E-state index in [0.29, 0.717) is 0 Å². The Morgan fingerprint density at radius 3 is 2.62 bits per heavy atom. The molecule has 5 aromatic rings. The monoisotopic (exact) mass is 515 g/mol. The number of aliphatic imine (C=N–C) groups is 1. The largest absolute Gasteiger partial charge is 0.489 e. The molecule has 7 heterocycles. The maximum Gasteiger partial charge on any atom is 0.138 e. The Hall–Kier alpha value is -4.43. The van der Waals surface area contributed by atoms with E-state index < -0.39 is 0 Å². The van der Waals surface area contributed by atoms with Crippen molar-refractivity contribution in [2.45, 2.75) is 31.8 Å². The number of fused-ring (bicyclic) bond motifs is 2. The Balaban J connectivity index is 1.26. The van der Waals surface area contributed by atoms with Crippen LogP contribution in [0.4, 0.5) is 0 Å². The van der Waals surface area contributed by atoms with Crippen LogP contribution in [0.5, 0.6) is 5.75 Å². The van der Waals surface area contributed by atoms with E-state index in [4.69, 9.17) is 14.7 Å². The lowest BCUT2D eigenvalue weighted by molar-refractivity contribution is 0.162. The summed E-state index contributed by atoms with van der Waals surface area (Å²) in [4.78, 5) is 26.9. The third-order valence-corrected chi connectivity index (χ3v) is 7.47. The van der Waals surface area contributed by atoms with E-state index in [-0.39, 0.29) is 6.10 Å². The van der Waals surface area contributed by atoms with Crippen LogP contribution < -0.4 is 10.1 Å². The molecule has 0 saturated carbocycles. The van der Waals surface area contributed by atoms with Gasteiger partial charge in [0.2, 0.25) is 0 Å². The fourth-order valence-electron chi connectivity index (χ4n) is 5.47. The van der Waals surface area contributed by atoms with Crippen molar-refractivity contribution in [3.63, 3.8) is 0 Å². The van der Waals surface area contributed by atoms with Gasteiger partial charge in [0.25, 0.3) is 0 Å². The van der Waals surface area contributed by atoms with Crippen molar-refractivity contribution < 1.29 is 4.74 Å². The first-order valence-electron chi connectivity index (χ1n) is 13.6. The van der Waals surface area contributed by atoms with Crippen molar-refractivity contribution in [1.82, 2.24) is 30.2 Å². The van der Waals surface area contributed by atoms with E-state index in [9.17, 15) is 0 Å². The Labute approximate surface area is 226 Å². The summed E-state index contributed by atoms with van der Waals surface area (Å²) in [6.45, 7) is 2.73. The highest BCUT2D eigenvalue weighted by Gasteiger charge is 2.21. The topological polar surface area (TPSA) is 101 Å². The van der Waals surface area contributed by atoms with Crippen molar-refractivity contribution in [1.29, 1.82) is 0 Å². The van der Waals surface area contributed by atoms with Gasteiger partial charge in [-0.15, -0.1) is 0 Å². The molecule has 8 nitrogen and oxygen atoms in total. The predicted octanol–water partition coefficient (Wildman–Crippen LogP) is 5.00. The van der Waals surface area contributed by atoms with Gasteiger partial charge < -0.3 is 15.0 Å². The van der Waals surface area contributed by atoms with Crippen LogP contribution in [-0.2, 0) is 6.42 Å². The molecule has 39 heavy (non-hydrogen) atoms. The molecule has 1 saturated heterocycles. The van der Waals surface area contributed by atoms with Crippen molar-refractivity contribution in [3.8, 4) is 28.1 Å². The number of aryl methyl sites for hydroxylation is 1. The van der Waals surface area contributed by atoms with Gasteiger partial charge in [0, 0.05) is 47.8 Å². The quantitative estimate of drug-likeness (QED) is 0.342. The lowest BCUT2D eigenvalue weighted by Crippen LogP contribution is -2.34. The SMILES string of the molecule is c1cc(-c2cncc3[nH]c(C4=NCCCc5ccc(-c6cncc(OC7CCNCC7)c6)nc54)cc23)ccn1. The van der Waals surface area contributed by atoms with Crippen LogP contribution >= 0.6 is 0 Å². The van der Waals surface area contributed by atoms with Gasteiger partial charge in [-0.25, -0.2) is 4.98 Å². The minimum atomic E-state index is 0.218. The van der Waals surface area contributed by atoms with Crippen molar-refractivity contribution >= 4 is 16.6 Å². The van der Waals surface area contributed by atoms with Crippen molar-refractivity contribution in [3.05, 3.63) is 90.5 Å². The van der Waals surface area contributed by atoms with Crippen molar-refractivity contribution in [2.24, 2.45) is 4.99 Å². The number of aromatic nitrogens is 5.